The minimum atomic E-state index is -3.93. The predicted molar refractivity (Wildman–Crippen MR) is 64.4 cm³/mol. The van der Waals surface area contributed by atoms with Gasteiger partial charge in [0.1, 0.15) is 11.6 Å². The molecular weight excluding hydrogens is 262 g/mol. The van der Waals surface area contributed by atoms with Crippen molar-refractivity contribution in [3.05, 3.63) is 29.8 Å². The van der Waals surface area contributed by atoms with Gasteiger partial charge < -0.3 is 5.73 Å². The Balaban J connectivity index is 2.80. The van der Waals surface area contributed by atoms with Crippen molar-refractivity contribution in [1.29, 1.82) is 0 Å². The lowest BCUT2D eigenvalue weighted by molar-refractivity contribution is 0.545. The zero-order valence-corrected chi connectivity index (χ0v) is 10.8. The molecule has 102 valence electrons. The summed E-state index contributed by atoms with van der Waals surface area (Å²) in [5, 5.41) is 0. The molecule has 0 spiro atoms. The monoisotopic (exact) mass is 278 g/mol. The molecule has 7 heteroatoms. The number of hydrogen-bond acceptors (Lipinski definition) is 3. The molecule has 0 saturated heterocycles. The molecule has 0 aromatic heterocycles. The first-order chi connectivity index (χ1) is 8.35. The van der Waals surface area contributed by atoms with Gasteiger partial charge in [0.05, 0.1) is 4.90 Å². The van der Waals surface area contributed by atoms with Gasteiger partial charge in [-0.15, -0.1) is 0 Å². The molecule has 1 rings (SSSR count). The molecule has 0 aliphatic carbocycles. The molecule has 0 aliphatic heterocycles. The number of halogens is 2. The van der Waals surface area contributed by atoms with E-state index in [4.69, 9.17) is 5.73 Å². The zero-order chi connectivity index (χ0) is 13.8. The van der Waals surface area contributed by atoms with E-state index in [-0.39, 0.29) is 12.6 Å². The van der Waals surface area contributed by atoms with Crippen LogP contribution in [0, 0.1) is 11.6 Å². The molecule has 1 aromatic carbocycles. The number of nitrogens with two attached hydrogens (primary N) is 1. The summed E-state index contributed by atoms with van der Waals surface area (Å²) in [6.45, 7) is 1.96. The number of rotatable bonds is 6. The van der Waals surface area contributed by atoms with Crippen LogP contribution in [0.5, 0.6) is 0 Å². The van der Waals surface area contributed by atoms with Crippen LogP contribution in [-0.2, 0) is 10.0 Å². The highest BCUT2D eigenvalue weighted by atomic mass is 32.2. The fourth-order valence-electron chi connectivity index (χ4n) is 1.46. The van der Waals surface area contributed by atoms with E-state index in [0.29, 0.717) is 12.5 Å². The van der Waals surface area contributed by atoms with Crippen molar-refractivity contribution in [2.75, 3.05) is 6.54 Å². The molecular formula is C11H16F2N2O2S. The average molecular weight is 278 g/mol. The molecule has 1 atom stereocenters. The molecule has 0 bridgehead atoms. The summed E-state index contributed by atoms with van der Waals surface area (Å²) in [4.78, 5) is -0.441. The summed E-state index contributed by atoms with van der Waals surface area (Å²) in [6, 6.07) is 1.82. The van der Waals surface area contributed by atoms with Gasteiger partial charge in [-0.2, -0.15) is 0 Å². The van der Waals surface area contributed by atoms with Crippen LogP contribution in [0.4, 0.5) is 8.78 Å². The first-order valence-corrected chi connectivity index (χ1v) is 7.05. The van der Waals surface area contributed by atoms with Crippen LogP contribution in [0.1, 0.15) is 19.8 Å². The maximum atomic E-state index is 12.9. The van der Waals surface area contributed by atoms with Crippen molar-refractivity contribution >= 4 is 10.0 Å². The van der Waals surface area contributed by atoms with Crippen molar-refractivity contribution in [3.63, 3.8) is 0 Å². The summed E-state index contributed by atoms with van der Waals surface area (Å²) in [5.41, 5.74) is 5.65. The van der Waals surface area contributed by atoms with E-state index in [1.54, 1.807) is 0 Å². The van der Waals surface area contributed by atoms with Crippen molar-refractivity contribution in [2.24, 2.45) is 5.73 Å². The maximum Gasteiger partial charge on any atom is 0.240 e. The van der Waals surface area contributed by atoms with Crippen molar-refractivity contribution in [1.82, 2.24) is 4.72 Å². The van der Waals surface area contributed by atoms with E-state index < -0.39 is 26.6 Å². The van der Waals surface area contributed by atoms with Crippen LogP contribution in [0.2, 0.25) is 0 Å². The van der Waals surface area contributed by atoms with E-state index in [2.05, 4.69) is 4.72 Å². The molecule has 0 fully saturated rings. The maximum absolute atomic E-state index is 12.9. The summed E-state index contributed by atoms with van der Waals surface area (Å²) < 4.78 is 51.6. The van der Waals surface area contributed by atoms with Crippen molar-refractivity contribution in [3.8, 4) is 0 Å². The van der Waals surface area contributed by atoms with E-state index in [1.165, 1.54) is 0 Å². The third kappa shape index (κ3) is 4.32. The van der Waals surface area contributed by atoms with Crippen LogP contribution in [0.25, 0.3) is 0 Å². The second-order valence-corrected chi connectivity index (χ2v) is 5.77. The molecule has 0 aliphatic rings. The zero-order valence-electron chi connectivity index (χ0n) is 9.99. The first-order valence-electron chi connectivity index (χ1n) is 5.56. The smallest absolute Gasteiger partial charge is 0.240 e. The number of sulfonamides is 1. The Labute approximate surface area is 105 Å². The Morgan fingerprint density at radius 2 is 1.83 bits per heavy atom. The van der Waals surface area contributed by atoms with Gasteiger partial charge in [-0.05, 0) is 18.6 Å². The highest BCUT2D eigenvalue weighted by molar-refractivity contribution is 7.89. The van der Waals surface area contributed by atoms with E-state index >= 15 is 0 Å². The minimum absolute atomic E-state index is 0.0360. The number of hydrogen-bond donors (Lipinski definition) is 2. The van der Waals surface area contributed by atoms with Gasteiger partial charge in [-0.3, -0.25) is 0 Å². The molecule has 3 N–H and O–H groups in total. The van der Waals surface area contributed by atoms with E-state index in [9.17, 15) is 17.2 Å². The standard InChI is InChI=1S/C11H16F2N2O2S/c1-2-3-10(14)7-15-18(16,17)11-5-8(12)4-9(13)6-11/h4-6,10,15H,2-3,7,14H2,1H3/t10-/m0/s1. The second-order valence-electron chi connectivity index (χ2n) is 4.01. The lowest BCUT2D eigenvalue weighted by Gasteiger charge is -2.12. The van der Waals surface area contributed by atoms with Crippen LogP contribution < -0.4 is 10.5 Å². The van der Waals surface area contributed by atoms with Gasteiger partial charge in [0.25, 0.3) is 0 Å². The number of benzene rings is 1. The van der Waals surface area contributed by atoms with Crippen LogP contribution >= 0.6 is 0 Å². The normalized spacial score (nSPS) is 13.6. The van der Waals surface area contributed by atoms with Crippen LogP contribution in [0.15, 0.2) is 23.1 Å². The van der Waals surface area contributed by atoms with Gasteiger partial charge in [0.2, 0.25) is 10.0 Å². The lowest BCUT2D eigenvalue weighted by Crippen LogP contribution is -2.37. The summed E-state index contributed by atoms with van der Waals surface area (Å²) >= 11 is 0. The van der Waals surface area contributed by atoms with Gasteiger partial charge in [0.15, 0.2) is 0 Å². The highest BCUT2D eigenvalue weighted by Crippen LogP contribution is 2.13. The van der Waals surface area contributed by atoms with Gasteiger partial charge in [0, 0.05) is 18.7 Å². The van der Waals surface area contributed by atoms with E-state index in [0.717, 1.165) is 18.6 Å². The molecule has 1 aromatic rings. The average Bonchev–Trinajstić information content (AvgIpc) is 2.26. The Kier molecular flexibility index (Phi) is 5.18. The highest BCUT2D eigenvalue weighted by Gasteiger charge is 2.17. The fraction of sp³-hybridized carbons (Fsp3) is 0.455. The predicted octanol–water partition coefficient (Wildman–Crippen LogP) is 1.37. The summed E-state index contributed by atoms with van der Waals surface area (Å²) in [6.07, 6.45) is 1.50. The van der Waals surface area contributed by atoms with Crippen LogP contribution in [0.3, 0.4) is 0 Å². The third-order valence-electron chi connectivity index (χ3n) is 2.34. The fourth-order valence-corrected chi connectivity index (χ4v) is 2.59. The van der Waals surface area contributed by atoms with Crippen LogP contribution in [-0.4, -0.2) is 21.0 Å². The topological polar surface area (TPSA) is 72.2 Å². The molecule has 0 unspecified atom stereocenters. The Hall–Kier alpha value is -1.05. The Bertz CT molecular complexity index is 486. The molecule has 18 heavy (non-hydrogen) atoms. The molecule has 4 nitrogen and oxygen atoms in total. The quantitative estimate of drug-likeness (QED) is 0.825. The van der Waals surface area contributed by atoms with Gasteiger partial charge in [-0.1, -0.05) is 13.3 Å². The van der Waals surface area contributed by atoms with Crippen molar-refractivity contribution in [2.45, 2.75) is 30.7 Å². The summed E-state index contributed by atoms with van der Waals surface area (Å²) in [5.74, 6) is -1.87. The molecule has 0 saturated carbocycles. The largest absolute Gasteiger partial charge is 0.327 e. The summed E-state index contributed by atoms with van der Waals surface area (Å²) in [7, 11) is -3.93. The molecule has 0 radical (unpaired) electrons. The third-order valence-corrected chi connectivity index (χ3v) is 3.74. The van der Waals surface area contributed by atoms with Gasteiger partial charge >= 0.3 is 0 Å². The van der Waals surface area contributed by atoms with E-state index in [1.807, 2.05) is 6.92 Å². The molecule has 0 amide bonds. The Morgan fingerprint density at radius 1 is 1.28 bits per heavy atom. The second kappa shape index (κ2) is 6.21. The lowest BCUT2D eigenvalue weighted by atomic mass is 10.2. The minimum Gasteiger partial charge on any atom is -0.327 e. The van der Waals surface area contributed by atoms with Crippen molar-refractivity contribution < 1.29 is 17.2 Å². The van der Waals surface area contributed by atoms with Gasteiger partial charge in [-0.25, -0.2) is 21.9 Å². The molecule has 0 heterocycles. The SMILES string of the molecule is CCC[C@H](N)CNS(=O)(=O)c1cc(F)cc(F)c1. The Morgan fingerprint density at radius 3 is 2.33 bits per heavy atom. The number of nitrogens with one attached hydrogen (secondary N) is 1. The first kappa shape index (κ1) is 15.0.